The third kappa shape index (κ3) is 3.48. The molecule has 1 heterocycles. The molecule has 0 bridgehead atoms. The number of rotatable bonds is 4. The summed E-state index contributed by atoms with van der Waals surface area (Å²) in [5.41, 5.74) is 7.26. The lowest BCUT2D eigenvalue weighted by molar-refractivity contribution is 0.486. The molecule has 156 valence electrons. The summed E-state index contributed by atoms with van der Waals surface area (Å²) in [6.45, 7) is -0.0292. The summed E-state index contributed by atoms with van der Waals surface area (Å²) in [7, 11) is 0. The van der Waals surface area contributed by atoms with Crippen molar-refractivity contribution in [2.45, 2.75) is 0 Å². The summed E-state index contributed by atoms with van der Waals surface area (Å²) < 4.78 is 6.42. The van der Waals surface area contributed by atoms with Crippen molar-refractivity contribution in [3.8, 4) is 22.6 Å². The van der Waals surface area contributed by atoms with E-state index in [1.54, 1.807) is 0 Å². The number of hydrogen-bond donors (Lipinski definition) is 0. The predicted octanol–water partition coefficient (Wildman–Crippen LogP) is 6.40. The first kappa shape index (κ1) is 19.5. The maximum atomic E-state index is 6.42. The highest BCUT2D eigenvalue weighted by atomic mass is 16.5. The molecule has 0 amide bonds. The topological polar surface area (TPSA) is 12.5 Å². The Bertz CT molecular complexity index is 1400. The minimum absolute atomic E-state index is 0.0292. The fourth-order valence-corrected chi connectivity index (χ4v) is 4.77. The molecule has 6 rings (SSSR count). The summed E-state index contributed by atoms with van der Waals surface area (Å²) in [6.07, 6.45) is 0. The third-order valence-electron chi connectivity index (χ3n) is 6.19. The first-order chi connectivity index (χ1) is 16.4. The molecule has 0 saturated heterocycles. The van der Waals surface area contributed by atoms with E-state index in [1.807, 2.05) is 36.4 Å². The van der Waals surface area contributed by atoms with E-state index in [-0.39, 0.29) is 6.85 Å². The quantitative estimate of drug-likeness (QED) is 0.310. The minimum atomic E-state index is -0.0292. The molecule has 0 radical (unpaired) electrons. The van der Waals surface area contributed by atoms with Crippen molar-refractivity contribution in [3.05, 3.63) is 133 Å². The van der Waals surface area contributed by atoms with Crippen LogP contribution < -0.4 is 20.5 Å². The number of hydrogen-bond acceptors (Lipinski definition) is 2. The third-order valence-corrected chi connectivity index (χ3v) is 6.19. The van der Waals surface area contributed by atoms with Crippen molar-refractivity contribution >= 4 is 29.1 Å². The first-order valence-electron chi connectivity index (χ1n) is 11.2. The Morgan fingerprint density at radius 2 is 1.06 bits per heavy atom. The molecule has 0 saturated carbocycles. The van der Waals surface area contributed by atoms with Gasteiger partial charge >= 0.3 is 6.85 Å². The molecule has 0 aliphatic carbocycles. The average molecular weight is 423 g/mol. The molecular weight excluding hydrogens is 401 g/mol. The molecule has 5 aromatic rings. The van der Waals surface area contributed by atoms with Gasteiger partial charge < -0.3 is 9.55 Å². The largest absolute Gasteiger partial charge is 0.458 e. The monoisotopic (exact) mass is 423 g/mol. The van der Waals surface area contributed by atoms with Gasteiger partial charge in [0, 0.05) is 16.9 Å². The fraction of sp³-hybridized carbons (Fsp3) is 0. The molecule has 33 heavy (non-hydrogen) atoms. The van der Waals surface area contributed by atoms with E-state index >= 15 is 0 Å². The highest BCUT2D eigenvalue weighted by Crippen LogP contribution is 2.39. The highest BCUT2D eigenvalue weighted by Gasteiger charge is 2.38. The molecule has 0 N–H and O–H groups in total. The smallest absolute Gasteiger partial charge is 0.332 e. The number of fused-ring (bicyclic) bond motifs is 3. The van der Waals surface area contributed by atoms with Crippen LogP contribution in [0.15, 0.2) is 133 Å². The number of anilines is 2. The Balaban J connectivity index is 1.59. The highest BCUT2D eigenvalue weighted by molar-refractivity contribution is 6.91. The van der Waals surface area contributed by atoms with Crippen LogP contribution in [0.4, 0.5) is 11.4 Å². The van der Waals surface area contributed by atoms with Gasteiger partial charge in [0.05, 0.1) is 0 Å². The van der Waals surface area contributed by atoms with Gasteiger partial charge in [-0.2, -0.15) is 0 Å². The molecule has 0 aromatic heterocycles. The molecular formula is C30H22BNO. The average Bonchev–Trinajstić information content (AvgIpc) is 2.89. The van der Waals surface area contributed by atoms with E-state index in [0.717, 1.165) is 22.6 Å². The molecule has 0 fully saturated rings. The van der Waals surface area contributed by atoms with E-state index in [2.05, 4.69) is 102 Å². The van der Waals surface area contributed by atoms with Crippen LogP contribution in [0.3, 0.4) is 0 Å². The lowest BCUT2D eigenvalue weighted by atomic mass is 9.45. The number of ether oxygens (including phenoxy) is 1. The van der Waals surface area contributed by atoms with Crippen molar-refractivity contribution < 1.29 is 4.74 Å². The van der Waals surface area contributed by atoms with Crippen LogP contribution in [0.25, 0.3) is 11.1 Å². The predicted molar refractivity (Wildman–Crippen MR) is 138 cm³/mol. The Morgan fingerprint density at radius 3 is 1.85 bits per heavy atom. The Morgan fingerprint density at radius 1 is 0.485 bits per heavy atom. The minimum Gasteiger partial charge on any atom is -0.458 e. The van der Waals surface area contributed by atoms with Crippen LogP contribution in [0, 0.1) is 0 Å². The number of para-hydroxylation sites is 4. The Hall–Kier alpha value is -4.24. The van der Waals surface area contributed by atoms with E-state index in [1.165, 1.54) is 22.3 Å². The fourth-order valence-electron chi connectivity index (χ4n) is 4.77. The standard InChI is InChI=1S/C30H22BNO/c1-3-13-23(14-4-1)32-29-21-11-8-18-26(29)25-17-7-9-19-27(25)31(32)28-20-10-12-22-30(28)33-24-15-5-2-6-16-24/h1-22H. The number of nitrogens with zero attached hydrogens (tertiary/aromatic N) is 1. The van der Waals surface area contributed by atoms with Crippen LogP contribution in [0.5, 0.6) is 11.5 Å². The van der Waals surface area contributed by atoms with Crippen LogP contribution in [0.2, 0.25) is 0 Å². The zero-order valence-corrected chi connectivity index (χ0v) is 18.1. The van der Waals surface area contributed by atoms with Crippen LogP contribution in [-0.4, -0.2) is 6.85 Å². The van der Waals surface area contributed by atoms with Gasteiger partial charge in [-0.25, -0.2) is 0 Å². The van der Waals surface area contributed by atoms with E-state index in [0.29, 0.717) is 0 Å². The second-order valence-corrected chi connectivity index (χ2v) is 8.17. The van der Waals surface area contributed by atoms with E-state index in [4.69, 9.17) is 4.74 Å². The lowest BCUT2D eigenvalue weighted by Crippen LogP contribution is -2.57. The molecule has 0 spiro atoms. The van der Waals surface area contributed by atoms with Gasteiger partial charge in [-0.05, 0) is 52.9 Å². The van der Waals surface area contributed by atoms with Crippen molar-refractivity contribution in [1.29, 1.82) is 0 Å². The van der Waals surface area contributed by atoms with Crippen LogP contribution >= 0.6 is 0 Å². The zero-order chi connectivity index (χ0) is 22.0. The number of benzene rings is 5. The summed E-state index contributed by atoms with van der Waals surface area (Å²) in [5, 5.41) is 0. The molecule has 5 aromatic carbocycles. The van der Waals surface area contributed by atoms with Gasteiger partial charge in [0.1, 0.15) is 11.5 Å². The Kier molecular flexibility index (Phi) is 4.93. The molecule has 1 aliphatic heterocycles. The molecule has 0 atom stereocenters. The maximum absolute atomic E-state index is 6.42. The zero-order valence-electron chi connectivity index (χ0n) is 18.1. The van der Waals surface area contributed by atoms with Gasteiger partial charge in [0.2, 0.25) is 0 Å². The molecule has 2 nitrogen and oxygen atoms in total. The second kappa shape index (κ2) is 8.36. The van der Waals surface area contributed by atoms with Gasteiger partial charge in [-0.3, -0.25) is 0 Å². The summed E-state index contributed by atoms with van der Waals surface area (Å²) in [5.74, 6) is 1.70. The van der Waals surface area contributed by atoms with Gasteiger partial charge in [-0.15, -0.1) is 0 Å². The maximum Gasteiger partial charge on any atom is 0.332 e. The Labute approximate surface area is 194 Å². The normalized spacial score (nSPS) is 12.1. The van der Waals surface area contributed by atoms with Gasteiger partial charge in [0.25, 0.3) is 0 Å². The SMILES string of the molecule is c1ccc(Oc2ccccc2B2c3ccccc3-c3ccccc3N2c2ccccc2)cc1. The van der Waals surface area contributed by atoms with Crippen molar-refractivity contribution in [2.24, 2.45) is 0 Å². The van der Waals surface area contributed by atoms with Gasteiger partial charge in [0.15, 0.2) is 0 Å². The van der Waals surface area contributed by atoms with E-state index in [9.17, 15) is 0 Å². The lowest BCUT2D eigenvalue weighted by Gasteiger charge is -2.39. The van der Waals surface area contributed by atoms with Crippen LogP contribution in [-0.2, 0) is 0 Å². The van der Waals surface area contributed by atoms with Crippen molar-refractivity contribution in [3.63, 3.8) is 0 Å². The molecule has 3 heteroatoms. The van der Waals surface area contributed by atoms with Crippen molar-refractivity contribution in [2.75, 3.05) is 4.81 Å². The molecule has 1 aliphatic rings. The second-order valence-electron chi connectivity index (χ2n) is 8.17. The van der Waals surface area contributed by atoms with E-state index < -0.39 is 0 Å². The van der Waals surface area contributed by atoms with Crippen LogP contribution in [0.1, 0.15) is 0 Å². The van der Waals surface area contributed by atoms with Crippen molar-refractivity contribution in [1.82, 2.24) is 0 Å². The van der Waals surface area contributed by atoms with Gasteiger partial charge in [-0.1, -0.05) is 97.1 Å². The first-order valence-corrected chi connectivity index (χ1v) is 11.2. The summed E-state index contributed by atoms with van der Waals surface area (Å²) >= 11 is 0. The molecule has 0 unspecified atom stereocenters. The summed E-state index contributed by atoms with van der Waals surface area (Å²) in [4.78, 5) is 2.44. The summed E-state index contributed by atoms with van der Waals surface area (Å²) in [6, 6.07) is 46.4.